The minimum absolute atomic E-state index is 0.00137. The smallest absolute Gasteiger partial charge is 0.200 e. The minimum atomic E-state index is -0.297. The number of benzene rings is 2. The van der Waals surface area contributed by atoms with E-state index < -0.39 is 0 Å². The third-order valence-electron chi connectivity index (χ3n) is 6.32. The maximum atomic E-state index is 12.8. The van der Waals surface area contributed by atoms with Crippen LogP contribution in [0.15, 0.2) is 42.5 Å². The first-order valence-corrected chi connectivity index (χ1v) is 10.4. The second-order valence-corrected chi connectivity index (χ2v) is 9.38. The summed E-state index contributed by atoms with van der Waals surface area (Å²) in [5.41, 5.74) is 4.57. The Morgan fingerprint density at radius 3 is 2.21 bits per heavy atom. The molecule has 0 bridgehead atoms. The number of Topliss-reactive ketones (excluding diaryl/α,β-unsaturated/α-hetero) is 1. The molecule has 0 radical (unpaired) electrons. The molecule has 154 valence electrons. The number of ketones is 1. The highest BCUT2D eigenvalue weighted by Gasteiger charge is 2.37. The van der Waals surface area contributed by atoms with Gasteiger partial charge in [0, 0.05) is 11.1 Å². The second-order valence-electron chi connectivity index (χ2n) is 9.38. The first-order chi connectivity index (χ1) is 13.8. The SMILES string of the molecule is CC1(C)CCC(C)(C)c2cc(C(=O)COc3ccc(C4OCCO4)cc3)ccc21. The number of hydrogen-bond donors (Lipinski definition) is 0. The molecule has 2 aromatic carbocycles. The molecule has 29 heavy (non-hydrogen) atoms. The van der Waals surface area contributed by atoms with Crippen LogP contribution in [0.3, 0.4) is 0 Å². The molecule has 4 rings (SSSR count). The summed E-state index contributed by atoms with van der Waals surface area (Å²) in [6.07, 6.45) is 1.99. The summed E-state index contributed by atoms with van der Waals surface area (Å²) in [5, 5.41) is 0. The van der Waals surface area contributed by atoms with Crippen molar-refractivity contribution in [1.82, 2.24) is 0 Å². The minimum Gasteiger partial charge on any atom is -0.485 e. The van der Waals surface area contributed by atoms with Crippen LogP contribution in [0.1, 0.15) is 73.9 Å². The molecule has 0 atom stereocenters. The molecule has 0 spiro atoms. The van der Waals surface area contributed by atoms with E-state index >= 15 is 0 Å². The van der Waals surface area contributed by atoms with Crippen LogP contribution in [0.25, 0.3) is 0 Å². The number of carbonyl (C=O) groups excluding carboxylic acids is 1. The summed E-state index contributed by atoms with van der Waals surface area (Å²) in [5.74, 6) is 0.665. The number of ether oxygens (including phenoxy) is 3. The highest BCUT2D eigenvalue weighted by Crippen LogP contribution is 2.45. The molecule has 2 aliphatic rings. The van der Waals surface area contributed by atoms with Crippen LogP contribution in [0.4, 0.5) is 0 Å². The van der Waals surface area contributed by atoms with E-state index in [0.29, 0.717) is 19.0 Å². The number of carbonyl (C=O) groups is 1. The van der Waals surface area contributed by atoms with Gasteiger partial charge in [-0.2, -0.15) is 0 Å². The van der Waals surface area contributed by atoms with Crippen LogP contribution < -0.4 is 4.74 Å². The van der Waals surface area contributed by atoms with E-state index in [1.165, 1.54) is 11.1 Å². The fourth-order valence-corrected chi connectivity index (χ4v) is 4.27. The average molecular weight is 395 g/mol. The van der Waals surface area contributed by atoms with Crippen LogP contribution in [-0.2, 0) is 20.3 Å². The van der Waals surface area contributed by atoms with E-state index in [1.807, 2.05) is 30.3 Å². The fourth-order valence-electron chi connectivity index (χ4n) is 4.27. The van der Waals surface area contributed by atoms with Gasteiger partial charge >= 0.3 is 0 Å². The molecule has 4 nitrogen and oxygen atoms in total. The molecule has 0 saturated carbocycles. The zero-order valence-corrected chi connectivity index (χ0v) is 17.8. The van der Waals surface area contributed by atoms with Crippen LogP contribution in [0, 0.1) is 0 Å². The predicted octanol–water partition coefficient (Wildman–Crippen LogP) is 5.34. The molecule has 0 N–H and O–H groups in total. The van der Waals surface area contributed by atoms with Crippen molar-refractivity contribution < 1.29 is 19.0 Å². The Labute approximate surface area is 173 Å². The Morgan fingerprint density at radius 2 is 1.55 bits per heavy atom. The Morgan fingerprint density at radius 1 is 0.931 bits per heavy atom. The first-order valence-electron chi connectivity index (χ1n) is 10.4. The number of hydrogen-bond acceptors (Lipinski definition) is 4. The Bertz CT molecular complexity index is 890. The van der Waals surface area contributed by atoms with Gasteiger partial charge in [0.2, 0.25) is 0 Å². The van der Waals surface area contributed by atoms with Crippen molar-refractivity contribution in [3.63, 3.8) is 0 Å². The van der Waals surface area contributed by atoms with Gasteiger partial charge in [-0.25, -0.2) is 0 Å². The van der Waals surface area contributed by atoms with Gasteiger partial charge in [0.25, 0.3) is 0 Å². The van der Waals surface area contributed by atoms with Crippen LogP contribution >= 0.6 is 0 Å². The largest absolute Gasteiger partial charge is 0.485 e. The Kier molecular flexibility index (Phi) is 5.26. The van der Waals surface area contributed by atoms with Crippen LogP contribution in [-0.4, -0.2) is 25.6 Å². The molecule has 0 aromatic heterocycles. The lowest BCUT2D eigenvalue weighted by molar-refractivity contribution is -0.0441. The topological polar surface area (TPSA) is 44.8 Å². The maximum absolute atomic E-state index is 12.8. The molecule has 0 unspecified atom stereocenters. The van der Waals surface area contributed by atoms with Crippen LogP contribution in [0.5, 0.6) is 5.75 Å². The van der Waals surface area contributed by atoms with Gasteiger partial charge in [-0.1, -0.05) is 52.0 Å². The van der Waals surface area contributed by atoms with Crippen molar-refractivity contribution in [3.05, 3.63) is 64.7 Å². The first kappa shape index (κ1) is 20.1. The van der Waals surface area contributed by atoms with Gasteiger partial charge in [-0.3, -0.25) is 4.79 Å². The molecule has 1 fully saturated rings. The lowest BCUT2D eigenvalue weighted by Crippen LogP contribution is -2.34. The number of rotatable bonds is 5. The fraction of sp³-hybridized carbons (Fsp3) is 0.480. The van der Waals surface area contributed by atoms with Gasteiger partial charge in [-0.05, 0) is 53.0 Å². The molecule has 1 saturated heterocycles. The molecular formula is C25H30O4. The molecule has 1 aliphatic heterocycles. The van der Waals surface area contributed by atoms with E-state index in [2.05, 4.69) is 39.8 Å². The standard InChI is InChI=1S/C25H30O4/c1-24(2)11-12-25(3,4)21-15-18(7-10-20(21)24)22(26)16-29-19-8-5-17(6-9-19)23-27-13-14-28-23/h5-10,15,23H,11-14,16H2,1-4H3. The zero-order valence-electron chi connectivity index (χ0n) is 17.8. The summed E-state index contributed by atoms with van der Waals surface area (Å²) < 4.78 is 16.7. The summed E-state index contributed by atoms with van der Waals surface area (Å²) in [7, 11) is 0. The normalized spacial score (nSPS) is 20.3. The van der Waals surface area contributed by atoms with E-state index in [1.54, 1.807) is 0 Å². The third-order valence-corrected chi connectivity index (χ3v) is 6.32. The Balaban J connectivity index is 1.45. The van der Waals surface area contributed by atoms with Gasteiger partial charge in [0.1, 0.15) is 5.75 Å². The quantitative estimate of drug-likeness (QED) is 0.642. The summed E-state index contributed by atoms with van der Waals surface area (Å²) in [4.78, 5) is 12.8. The van der Waals surface area contributed by atoms with E-state index in [4.69, 9.17) is 14.2 Å². The molecule has 1 aliphatic carbocycles. The average Bonchev–Trinajstić information content (AvgIpc) is 3.25. The van der Waals surface area contributed by atoms with Gasteiger partial charge in [0.15, 0.2) is 18.7 Å². The molecule has 0 amide bonds. The molecule has 2 aromatic rings. The van der Waals surface area contributed by atoms with E-state index in [0.717, 1.165) is 24.0 Å². The van der Waals surface area contributed by atoms with Gasteiger partial charge in [0.05, 0.1) is 13.2 Å². The van der Waals surface area contributed by atoms with E-state index in [-0.39, 0.29) is 29.5 Å². The van der Waals surface area contributed by atoms with Crippen LogP contribution in [0.2, 0.25) is 0 Å². The third kappa shape index (κ3) is 4.10. The number of fused-ring (bicyclic) bond motifs is 1. The van der Waals surface area contributed by atoms with Crippen molar-refractivity contribution in [1.29, 1.82) is 0 Å². The summed E-state index contributed by atoms with van der Waals surface area (Å²) >= 11 is 0. The van der Waals surface area contributed by atoms with E-state index in [9.17, 15) is 4.79 Å². The highest BCUT2D eigenvalue weighted by molar-refractivity contribution is 5.97. The zero-order chi connectivity index (χ0) is 20.6. The van der Waals surface area contributed by atoms with Gasteiger partial charge < -0.3 is 14.2 Å². The molecule has 4 heteroatoms. The van der Waals surface area contributed by atoms with Crippen molar-refractivity contribution in [2.45, 2.75) is 57.7 Å². The second kappa shape index (κ2) is 7.58. The lowest BCUT2D eigenvalue weighted by atomic mass is 9.63. The van der Waals surface area contributed by atoms with Gasteiger partial charge in [-0.15, -0.1) is 0 Å². The highest BCUT2D eigenvalue weighted by atomic mass is 16.7. The lowest BCUT2D eigenvalue weighted by Gasteiger charge is -2.42. The van der Waals surface area contributed by atoms with Crippen molar-refractivity contribution in [3.8, 4) is 5.75 Å². The summed E-state index contributed by atoms with van der Waals surface area (Å²) in [6.45, 7) is 10.4. The summed E-state index contributed by atoms with van der Waals surface area (Å²) in [6, 6.07) is 13.7. The van der Waals surface area contributed by atoms with Crippen molar-refractivity contribution in [2.24, 2.45) is 0 Å². The molecule has 1 heterocycles. The monoisotopic (exact) mass is 394 g/mol. The van der Waals surface area contributed by atoms with Crippen molar-refractivity contribution >= 4 is 5.78 Å². The Hall–Kier alpha value is -2.17. The predicted molar refractivity (Wildman–Crippen MR) is 113 cm³/mol. The molecular weight excluding hydrogens is 364 g/mol. The maximum Gasteiger partial charge on any atom is 0.200 e. The van der Waals surface area contributed by atoms with Crippen molar-refractivity contribution in [2.75, 3.05) is 19.8 Å².